The lowest BCUT2D eigenvalue weighted by Gasteiger charge is -2.28. The smallest absolute Gasteiger partial charge is 0.119 e. The van der Waals surface area contributed by atoms with Crippen molar-refractivity contribution in [1.29, 1.82) is 0 Å². The van der Waals surface area contributed by atoms with Gasteiger partial charge in [-0.05, 0) is 67.1 Å². The third-order valence-electron chi connectivity index (χ3n) is 8.27. The maximum Gasteiger partial charge on any atom is 0.119 e. The molecule has 0 unspecified atom stereocenters. The SMILES string of the molecule is CCCCC1CCC(CCc2ccc(OCCCC3CCC(CC)CC3)cc2)CC1. The largest absolute Gasteiger partial charge is 0.494 e. The number of unbranched alkanes of at least 4 members (excludes halogenated alkanes) is 1. The van der Waals surface area contributed by atoms with Gasteiger partial charge >= 0.3 is 0 Å². The monoisotopic (exact) mass is 412 g/mol. The maximum absolute atomic E-state index is 6.03. The van der Waals surface area contributed by atoms with Crippen molar-refractivity contribution >= 4 is 0 Å². The summed E-state index contributed by atoms with van der Waals surface area (Å²) >= 11 is 0. The van der Waals surface area contributed by atoms with Crippen LogP contribution in [0.4, 0.5) is 0 Å². The van der Waals surface area contributed by atoms with E-state index in [-0.39, 0.29) is 0 Å². The predicted octanol–water partition coefficient (Wildman–Crippen LogP) is 8.99. The molecule has 170 valence electrons. The predicted molar refractivity (Wildman–Crippen MR) is 130 cm³/mol. The molecule has 2 fully saturated rings. The Morgan fingerprint density at radius 2 is 1.20 bits per heavy atom. The van der Waals surface area contributed by atoms with Crippen LogP contribution in [0, 0.1) is 23.7 Å². The number of hydrogen-bond donors (Lipinski definition) is 0. The minimum Gasteiger partial charge on any atom is -0.494 e. The zero-order valence-electron chi connectivity index (χ0n) is 20.0. The molecule has 3 rings (SSSR count). The molecule has 1 aromatic carbocycles. The molecular formula is C29H48O. The maximum atomic E-state index is 6.03. The highest BCUT2D eigenvalue weighted by molar-refractivity contribution is 5.27. The average molecular weight is 413 g/mol. The van der Waals surface area contributed by atoms with Crippen LogP contribution in [0.2, 0.25) is 0 Å². The van der Waals surface area contributed by atoms with Gasteiger partial charge in [-0.1, -0.05) is 103 Å². The van der Waals surface area contributed by atoms with E-state index in [1.807, 2.05) is 0 Å². The summed E-state index contributed by atoms with van der Waals surface area (Å²) in [6, 6.07) is 9.00. The summed E-state index contributed by atoms with van der Waals surface area (Å²) in [6.07, 6.45) is 22.6. The Labute approximate surface area is 187 Å². The molecular weight excluding hydrogens is 364 g/mol. The molecule has 30 heavy (non-hydrogen) atoms. The molecule has 1 heteroatoms. The molecule has 2 aliphatic rings. The van der Waals surface area contributed by atoms with Gasteiger partial charge in [-0.3, -0.25) is 0 Å². The second-order valence-electron chi connectivity index (χ2n) is 10.5. The van der Waals surface area contributed by atoms with Gasteiger partial charge in [-0.2, -0.15) is 0 Å². The van der Waals surface area contributed by atoms with Gasteiger partial charge in [0.1, 0.15) is 5.75 Å². The van der Waals surface area contributed by atoms with Crippen LogP contribution in [0.1, 0.15) is 116 Å². The third kappa shape index (κ3) is 8.27. The van der Waals surface area contributed by atoms with Gasteiger partial charge in [0.25, 0.3) is 0 Å². The van der Waals surface area contributed by atoms with Crippen molar-refractivity contribution in [3.05, 3.63) is 29.8 Å². The Morgan fingerprint density at radius 3 is 1.77 bits per heavy atom. The van der Waals surface area contributed by atoms with Crippen molar-refractivity contribution in [2.45, 2.75) is 117 Å². The summed E-state index contributed by atoms with van der Waals surface area (Å²) in [4.78, 5) is 0. The highest BCUT2D eigenvalue weighted by atomic mass is 16.5. The molecule has 0 atom stereocenters. The van der Waals surface area contributed by atoms with Gasteiger partial charge in [0.05, 0.1) is 6.61 Å². The van der Waals surface area contributed by atoms with Crippen LogP contribution in [0.25, 0.3) is 0 Å². The van der Waals surface area contributed by atoms with Gasteiger partial charge in [0.15, 0.2) is 0 Å². The van der Waals surface area contributed by atoms with E-state index in [0.29, 0.717) is 0 Å². The molecule has 0 N–H and O–H groups in total. The number of rotatable bonds is 12. The molecule has 0 amide bonds. The third-order valence-corrected chi connectivity index (χ3v) is 8.27. The number of ether oxygens (including phenoxy) is 1. The lowest BCUT2D eigenvalue weighted by molar-refractivity contribution is 0.234. The van der Waals surface area contributed by atoms with E-state index in [1.54, 1.807) is 0 Å². The van der Waals surface area contributed by atoms with Crippen LogP contribution in [0.3, 0.4) is 0 Å². The first-order chi connectivity index (χ1) is 14.8. The molecule has 0 aromatic heterocycles. The molecule has 2 saturated carbocycles. The number of aryl methyl sites for hydroxylation is 1. The van der Waals surface area contributed by atoms with Crippen LogP contribution in [-0.2, 0) is 6.42 Å². The summed E-state index contributed by atoms with van der Waals surface area (Å²) in [7, 11) is 0. The standard InChI is InChI=1S/C29H48O/c1-3-5-7-25-13-15-27(16-14-25)17-18-28-19-21-29(22-20-28)30-23-6-8-26-11-9-24(4-2)10-12-26/h19-22,24-27H,3-18,23H2,1-2H3. The summed E-state index contributed by atoms with van der Waals surface area (Å²) in [5.41, 5.74) is 1.49. The average Bonchev–Trinajstić information content (AvgIpc) is 2.81. The fraction of sp³-hybridized carbons (Fsp3) is 0.793. The van der Waals surface area contributed by atoms with E-state index in [0.717, 1.165) is 36.0 Å². The van der Waals surface area contributed by atoms with Crippen LogP contribution in [-0.4, -0.2) is 6.61 Å². The summed E-state index contributed by atoms with van der Waals surface area (Å²) in [6.45, 7) is 5.55. The van der Waals surface area contributed by atoms with E-state index in [9.17, 15) is 0 Å². The van der Waals surface area contributed by atoms with Crippen LogP contribution in [0.5, 0.6) is 5.75 Å². The lowest BCUT2D eigenvalue weighted by atomic mass is 9.78. The quantitative estimate of drug-likeness (QED) is 0.311. The van der Waals surface area contributed by atoms with Gasteiger partial charge in [0, 0.05) is 0 Å². The first-order valence-corrected chi connectivity index (χ1v) is 13.5. The highest BCUT2D eigenvalue weighted by Gasteiger charge is 2.21. The summed E-state index contributed by atoms with van der Waals surface area (Å²) < 4.78 is 6.03. The lowest BCUT2D eigenvalue weighted by Crippen LogP contribution is -2.15. The van der Waals surface area contributed by atoms with Crippen molar-refractivity contribution in [2.75, 3.05) is 6.61 Å². The van der Waals surface area contributed by atoms with E-state index in [2.05, 4.69) is 38.1 Å². The van der Waals surface area contributed by atoms with Crippen molar-refractivity contribution in [3.8, 4) is 5.75 Å². The van der Waals surface area contributed by atoms with E-state index < -0.39 is 0 Å². The normalized spacial score (nSPS) is 27.1. The van der Waals surface area contributed by atoms with Crippen molar-refractivity contribution in [1.82, 2.24) is 0 Å². The van der Waals surface area contributed by atoms with Crippen molar-refractivity contribution < 1.29 is 4.74 Å². The molecule has 0 radical (unpaired) electrons. The zero-order chi connectivity index (χ0) is 21.0. The first-order valence-electron chi connectivity index (χ1n) is 13.5. The fourth-order valence-electron chi connectivity index (χ4n) is 5.92. The van der Waals surface area contributed by atoms with Crippen LogP contribution >= 0.6 is 0 Å². The first kappa shape index (κ1) is 23.7. The van der Waals surface area contributed by atoms with Crippen LogP contribution < -0.4 is 4.74 Å². The van der Waals surface area contributed by atoms with Gasteiger partial charge in [0.2, 0.25) is 0 Å². The second kappa shape index (κ2) is 13.4. The molecule has 0 spiro atoms. The van der Waals surface area contributed by atoms with Crippen molar-refractivity contribution in [2.24, 2.45) is 23.7 Å². The molecule has 0 bridgehead atoms. The van der Waals surface area contributed by atoms with Gasteiger partial charge in [-0.25, -0.2) is 0 Å². The minimum atomic E-state index is 0.883. The zero-order valence-corrected chi connectivity index (χ0v) is 20.0. The molecule has 1 aromatic rings. The van der Waals surface area contributed by atoms with Crippen LogP contribution in [0.15, 0.2) is 24.3 Å². The van der Waals surface area contributed by atoms with E-state index in [1.165, 1.54) is 108 Å². The molecule has 0 heterocycles. The molecule has 1 nitrogen and oxygen atoms in total. The Bertz CT molecular complexity index is 546. The van der Waals surface area contributed by atoms with Crippen molar-refractivity contribution in [3.63, 3.8) is 0 Å². The number of benzene rings is 1. The Morgan fingerprint density at radius 1 is 0.667 bits per heavy atom. The molecule has 2 aliphatic carbocycles. The summed E-state index contributed by atoms with van der Waals surface area (Å²) in [5, 5.41) is 0. The highest BCUT2D eigenvalue weighted by Crippen LogP contribution is 2.35. The van der Waals surface area contributed by atoms with E-state index in [4.69, 9.17) is 4.74 Å². The Kier molecular flexibility index (Phi) is 10.6. The Hall–Kier alpha value is -0.980. The summed E-state index contributed by atoms with van der Waals surface area (Å²) in [5.74, 6) is 5.03. The topological polar surface area (TPSA) is 9.23 Å². The molecule has 0 saturated heterocycles. The Balaban J connectivity index is 1.25. The second-order valence-corrected chi connectivity index (χ2v) is 10.5. The molecule has 0 aliphatic heterocycles. The van der Waals surface area contributed by atoms with Gasteiger partial charge in [-0.15, -0.1) is 0 Å². The minimum absolute atomic E-state index is 0.883. The van der Waals surface area contributed by atoms with E-state index >= 15 is 0 Å². The van der Waals surface area contributed by atoms with Gasteiger partial charge < -0.3 is 4.74 Å². The number of hydrogen-bond acceptors (Lipinski definition) is 1. The fourth-order valence-corrected chi connectivity index (χ4v) is 5.92.